The standard InChI is InChI=1S/C25H38O7/c1-16-10-12-24(5)22(8-7-9-23(24)29)25(16,6)14-21(32-19(4)28)20(15-31-18(3)27)11-13-30-17(2)26/h16,22H,7-15H2,1-6H3/b21-20-. The molecule has 7 nitrogen and oxygen atoms in total. The predicted octanol–water partition coefficient (Wildman–Crippen LogP) is 4.52. The minimum Gasteiger partial charge on any atom is -0.466 e. The van der Waals surface area contributed by atoms with Gasteiger partial charge in [-0.05, 0) is 42.9 Å². The lowest BCUT2D eigenvalue weighted by Gasteiger charge is -2.57. The summed E-state index contributed by atoms with van der Waals surface area (Å²) < 4.78 is 16.0. The Morgan fingerprint density at radius 1 is 1.00 bits per heavy atom. The maximum atomic E-state index is 12.9. The van der Waals surface area contributed by atoms with Crippen molar-refractivity contribution >= 4 is 23.7 Å². The van der Waals surface area contributed by atoms with Crippen molar-refractivity contribution in [3.63, 3.8) is 0 Å². The second kappa shape index (κ2) is 10.6. The molecule has 0 heterocycles. The summed E-state index contributed by atoms with van der Waals surface area (Å²) in [6.07, 6.45) is 5.02. The second-order valence-corrected chi connectivity index (χ2v) is 9.90. The fourth-order valence-electron chi connectivity index (χ4n) is 5.67. The number of ketones is 1. The molecule has 0 aromatic heterocycles. The molecule has 2 aliphatic carbocycles. The van der Waals surface area contributed by atoms with E-state index >= 15 is 0 Å². The van der Waals surface area contributed by atoms with Crippen LogP contribution in [-0.2, 0) is 33.4 Å². The smallest absolute Gasteiger partial charge is 0.307 e. The van der Waals surface area contributed by atoms with E-state index in [1.807, 2.05) is 0 Å². The average Bonchev–Trinajstić information content (AvgIpc) is 2.68. The van der Waals surface area contributed by atoms with Crippen molar-refractivity contribution in [1.82, 2.24) is 0 Å². The molecule has 2 saturated carbocycles. The molecule has 0 aromatic rings. The first kappa shape index (κ1) is 26.1. The van der Waals surface area contributed by atoms with E-state index in [1.165, 1.54) is 20.8 Å². The van der Waals surface area contributed by atoms with Crippen molar-refractivity contribution in [2.45, 2.75) is 86.5 Å². The molecule has 0 radical (unpaired) electrons. The molecule has 0 N–H and O–H groups in total. The third-order valence-electron chi connectivity index (χ3n) is 7.68. The first-order valence-corrected chi connectivity index (χ1v) is 11.6. The van der Waals surface area contributed by atoms with Crippen molar-refractivity contribution in [1.29, 1.82) is 0 Å². The maximum Gasteiger partial charge on any atom is 0.307 e. The van der Waals surface area contributed by atoms with Crippen LogP contribution < -0.4 is 0 Å². The fraction of sp³-hybridized carbons (Fsp3) is 0.760. The van der Waals surface area contributed by atoms with E-state index in [4.69, 9.17) is 14.2 Å². The van der Waals surface area contributed by atoms with Gasteiger partial charge >= 0.3 is 17.9 Å². The largest absolute Gasteiger partial charge is 0.466 e. The van der Waals surface area contributed by atoms with E-state index in [1.54, 1.807) is 0 Å². The average molecular weight is 451 g/mol. The summed E-state index contributed by atoms with van der Waals surface area (Å²) in [6.45, 7) is 10.5. The molecule has 180 valence electrons. The van der Waals surface area contributed by atoms with Gasteiger partial charge in [0.1, 0.15) is 18.1 Å². The van der Waals surface area contributed by atoms with Crippen LogP contribution in [-0.4, -0.2) is 36.9 Å². The fourth-order valence-corrected chi connectivity index (χ4v) is 5.67. The van der Waals surface area contributed by atoms with Gasteiger partial charge in [0.05, 0.1) is 6.61 Å². The van der Waals surface area contributed by atoms with E-state index in [9.17, 15) is 19.2 Å². The molecule has 4 atom stereocenters. The Morgan fingerprint density at radius 2 is 1.66 bits per heavy atom. The van der Waals surface area contributed by atoms with E-state index in [-0.39, 0.29) is 30.0 Å². The summed E-state index contributed by atoms with van der Waals surface area (Å²) in [6, 6.07) is 0. The number of esters is 3. The molecule has 2 aliphatic rings. The highest BCUT2D eigenvalue weighted by Gasteiger charge is 2.56. The van der Waals surface area contributed by atoms with Crippen LogP contribution in [0, 0.1) is 22.7 Å². The number of hydrogen-bond acceptors (Lipinski definition) is 7. The van der Waals surface area contributed by atoms with Gasteiger partial charge in [0, 0.05) is 51.0 Å². The number of fused-ring (bicyclic) bond motifs is 1. The topological polar surface area (TPSA) is 96.0 Å². The Bertz CT molecular complexity index is 783. The van der Waals surface area contributed by atoms with Crippen LogP contribution in [0.25, 0.3) is 0 Å². The number of ether oxygens (including phenoxy) is 3. The minimum absolute atomic E-state index is 0.0372. The molecule has 0 bridgehead atoms. The number of carbonyl (C=O) groups is 4. The Kier molecular flexibility index (Phi) is 8.66. The molecule has 2 fully saturated rings. The zero-order chi connectivity index (χ0) is 24.1. The quantitative estimate of drug-likeness (QED) is 0.305. The lowest BCUT2D eigenvalue weighted by molar-refractivity contribution is -0.151. The minimum atomic E-state index is -0.456. The molecule has 0 spiro atoms. The van der Waals surface area contributed by atoms with Crippen LogP contribution in [0.15, 0.2) is 11.3 Å². The van der Waals surface area contributed by atoms with Crippen LogP contribution in [0.4, 0.5) is 0 Å². The molecule has 2 rings (SSSR count). The molecule has 0 aromatic carbocycles. The molecular weight excluding hydrogens is 412 g/mol. The summed E-state index contributed by atoms with van der Waals surface area (Å²) in [4.78, 5) is 47.6. The third-order valence-corrected chi connectivity index (χ3v) is 7.68. The first-order chi connectivity index (χ1) is 14.9. The van der Waals surface area contributed by atoms with Crippen LogP contribution in [0.2, 0.25) is 0 Å². The van der Waals surface area contributed by atoms with Crippen molar-refractivity contribution in [3.05, 3.63) is 11.3 Å². The van der Waals surface area contributed by atoms with E-state index in [2.05, 4.69) is 20.8 Å². The first-order valence-electron chi connectivity index (χ1n) is 11.6. The van der Waals surface area contributed by atoms with Crippen molar-refractivity contribution in [2.24, 2.45) is 22.7 Å². The van der Waals surface area contributed by atoms with E-state index < -0.39 is 17.9 Å². The highest BCUT2D eigenvalue weighted by Crippen LogP contribution is 2.60. The van der Waals surface area contributed by atoms with Crippen LogP contribution in [0.1, 0.15) is 86.5 Å². The lowest BCUT2D eigenvalue weighted by Crippen LogP contribution is -2.53. The monoisotopic (exact) mass is 450 g/mol. The Hall–Kier alpha value is -2.18. The van der Waals surface area contributed by atoms with Crippen LogP contribution in [0.3, 0.4) is 0 Å². The SMILES string of the molecule is CC(=O)OCC/C(COC(C)=O)=C(\CC1(C)C(C)CCC2(C)C(=O)CCCC21)OC(C)=O. The molecule has 0 aliphatic heterocycles. The van der Waals surface area contributed by atoms with E-state index in [0.717, 1.165) is 25.7 Å². The molecule has 32 heavy (non-hydrogen) atoms. The summed E-state index contributed by atoms with van der Waals surface area (Å²) in [5.41, 5.74) is -0.00900. The van der Waals surface area contributed by atoms with Gasteiger partial charge in [0.25, 0.3) is 0 Å². The van der Waals surface area contributed by atoms with Gasteiger partial charge in [0.2, 0.25) is 0 Å². The van der Waals surface area contributed by atoms with Crippen molar-refractivity contribution < 1.29 is 33.4 Å². The van der Waals surface area contributed by atoms with Gasteiger partial charge in [-0.2, -0.15) is 0 Å². The summed E-state index contributed by atoms with van der Waals surface area (Å²) >= 11 is 0. The van der Waals surface area contributed by atoms with E-state index in [0.29, 0.717) is 42.3 Å². The number of allylic oxidation sites excluding steroid dienone is 1. The van der Waals surface area contributed by atoms with Crippen LogP contribution in [0.5, 0.6) is 0 Å². The number of carbonyl (C=O) groups excluding carboxylic acids is 4. The summed E-state index contributed by atoms with van der Waals surface area (Å²) in [5, 5.41) is 0. The van der Waals surface area contributed by atoms with Crippen molar-refractivity contribution in [3.8, 4) is 0 Å². The molecule has 0 saturated heterocycles. The van der Waals surface area contributed by atoms with Gasteiger partial charge in [0.15, 0.2) is 0 Å². The zero-order valence-electron chi connectivity index (χ0n) is 20.4. The van der Waals surface area contributed by atoms with Crippen molar-refractivity contribution in [2.75, 3.05) is 13.2 Å². The van der Waals surface area contributed by atoms with Gasteiger partial charge in [-0.15, -0.1) is 0 Å². The second-order valence-electron chi connectivity index (χ2n) is 9.90. The zero-order valence-corrected chi connectivity index (χ0v) is 20.4. The highest BCUT2D eigenvalue weighted by molar-refractivity contribution is 5.85. The number of hydrogen-bond donors (Lipinski definition) is 0. The van der Waals surface area contributed by atoms with Gasteiger partial charge < -0.3 is 14.2 Å². The normalized spacial score (nSPS) is 30.6. The van der Waals surface area contributed by atoms with Gasteiger partial charge in [-0.1, -0.05) is 20.8 Å². The number of Topliss-reactive ketones (excluding diaryl/α,β-unsaturated/α-hetero) is 1. The molecule has 0 amide bonds. The third kappa shape index (κ3) is 5.99. The highest BCUT2D eigenvalue weighted by atomic mass is 16.5. The summed E-state index contributed by atoms with van der Waals surface area (Å²) in [7, 11) is 0. The molecule has 4 unspecified atom stereocenters. The predicted molar refractivity (Wildman–Crippen MR) is 118 cm³/mol. The van der Waals surface area contributed by atoms with Crippen LogP contribution >= 0.6 is 0 Å². The Balaban J connectivity index is 2.45. The summed E-state index contributed by atoms with van der Waals surface area (Å²) in [5.74, 6) is -0.0191. The molecular formula is C25H38O7. The maximum absolute atomic E-state index is 12.9. The molecule has 7 heteroatoms. The van der Waals surface area contributed by atoms with Gasteiger partial charge in [-0.3, -0.25) is 19.2 Å². The number of rotatable bonds is 8. The lowest BCUT2D eigenvalue weighted by atomic mass is 9.47. The van der Waals surface area contributed by atoms with Gasteiger partial charge in [-0.25, -0.2) is 0 Å². The Labute approximate surface area is 191 Å². The Morgan fingerprint density at radius 3 is 2.25 bits per heavy atom.